The van der Waals surface area contributed by atoms with Crippen LogP contribution in [-0.2, 0) is 22.6 Å². The van der Waals surface area contributed by atoms with Crippen molar-refractivity contribution in [1.82, 2.24) is 4.90 Å². The normalized spacial score (nSPS) is 17.9. The van der Waals surface area contributed by atoms with E-state index in [1.54, 1.807) is 4.90 Å². The van der Waals surface area contributed by atoms with E-state index in [0.717, 1.165) is 22.5 Å². The molecule has 1 atom stereocenters. The Hall–Kier alpha value is -3.45. The minimum atomic E-state index is -0.393. The fraction of sp³-hybridized carbons (Fsp3) is 0.240. The van der Waals surface area contributed by atoms with E-state index in [1.807, 2.05) is 70.9 Å². The van der Waals surface area contributed by atoms with Crippen molar-refractivity contribution in [3.63, 3.8) is 0 Å². The largest absolute Gasteiger partial charge is 0.333 e. The number of thiophene rings is 1. The zero-order chi connectivity index (χ0) is 22.1. The van der Waals surface area contributed by atoms with Crippen molar-refractivity contribution < 1.29 is 14.4 Å². The zero-order valence-corrected chi connectivity index (χ0v) is 18.3. The van der Waals surface area contributed by atoms with Gasteiger partial charge in [-0.1, -0.05) is 30.3 Å². The van der Waals surface area contributed by atoms with Gasteiger partial charge in [-0.15, -0.1) is 11.3 Å². The van der Waals surface area contributed by atoms with Crippen molar-refractivity contribution in [3.05, 3.63) is 82.0 Å². The van der Waals surface area contributed by atoms with E-state index in [2.05, 4.69) is 5.32 Å². The summed E-state index contributed by atoms with van der Waals surface area (Å²) in [5, 5.41) is 4.89. The van der Waals surface area contributed by atoms with Crippen LogP contribution in [0, 0.1) is 5.92 Å². The second-order valence-corrected chi connectivity index (χ2v) is 9.12. The first kappa shape index (κ1) is 20.5. The first-order valence-electron chi connectivity index (χ1n) is 10.7. The molecule has 2 aromatic carbocycles. The van der Waals surface area contributed by atoms with E-state index in [0.29, 0.717) is 25.3 Å². The molecule has 7 heteroatoms. The molecular weight excluding hydrogens is 422 g/mol. The van der Waals surface area contributed by atoms with Gasteiger partial charge in [-0.2, -0.15) is 0 Å². The predicted octanol–water partition coefficient (Wildman–Crippen LogP) is 3.94. The Morgan fingerprint density at radius 3 is 2.62 bits per heavy atom. The van der Waals surface area contributed by atoms with E-state index in [4.69, 9.17) is 0 Å². The van der Waals surface area contributed by atoms with Crippen molar-refractivity contribution in [2.45, 2.75) is 19.4 Å². The molecule has 1 aromatic heterocycles. The van der Waals surface area contributed by atoms with Crippen LogP contribution in [0.1, 0.15) is 27.2 Å². The van der Waals surface area contributed by atoms with Crippen molar-refractivity contribution in [3.8, 4) is 0 Å². The second kappa shape index (κ2) is 8.59. The molecule has 1 fully saturated rings. The number of hydrogen-bond acceptors (Lipinski definition) is 4. The summed E-state index contributed by atoms with van der Waals surface area (Å²) in [5.74, 6) is -0.537. The quantitative estimate of drug-likeness (QED) is 0.661. The molecule has 0 bridgehead atoms. The highest BCUT2D eigenvalue weighted by atomic mass is 32.1. The number of fused-ring (bicyclic) bond motifs is 1. The number of nitrogens with one attached hydrogen (secondary N) is 1. The number of benzene rings is 2. The van der Waals surface area contributed by atoms with Crippen LogP contribution in [0.2, 0.25) is 0 Å². The summed E-state index contributed by atoms with van der Waals surface area (Å²) in [4.78, 5) is 42.3. The van der Waals surface area contributed by atoms with Crippen molar-refractivity contribution in [2.75, 3.05) is 23.3 Å². The van der Waals surface area contributed by atoms with Gasteiger partial charge >= 0.3 is 0 Å². The Morgan fingerprint density at radius 1 is 1.00 bits per heavy atom. The van der Waals surface area contributed by atoms with Gasteiger partial charge in [-0.25, -0.2) is 0 Å². The van der Waals surface area contributed by atoms with E-state index in [1.165, 1.54) is 16.9 Å². The summed E-state index contributed by atoms with van der Waals surface area (Å²) >= 11 is 1.45. The van der Waals surface area contributed by atoms with Gasteiger partial charge in [0.25, 0.3) is 5.91 Å². The van der Waals surface area contributed by atoms with Crippen LogP contribution in [-0.4, -0.2) is 35.7 Å². The SMILES string of the molecule is O=C(Nc1ccc2c(c1)CN(C(=O)c1cccs1)CC2)C1CC(=O)N(c2ccccc2)C1. The number of para-hydroxylation sites is 1. The lowest BCUT2D eigenvalue weighted by atomic mass is 9.98. The molecule has 1 unspecified atom stereocenters. The molecule has 0 saturated carbocycles. The van der Waals surface area contributed by atoms with Crippen molar-refractivity contribution >= 4 is 40.4 Å². The van der Waals surface area contributed by atoms with E-state index in [9.17, 15) is 14.4 Å². The Balaban J connectivity index is 1.26. The molecule has 3 amide bonds. The first-order valence-corrected chi connectivity index (χ1v) is 11.6. The molecule has 32 heavy (non-hydrogen) atoms. The van der Waals surface area contributed by atoms with Gasteiger partial charge in [0, 0.05) is 37.4 Å². The fourth-order valence-corrected chi connectivity index (χ4v) is 5.04. The van der Waals surface area contributed by atoms with E-state index >= 15 is 0 Å². The molecule has 5 rings (SSSR count). The number of nitrogens with zero attached hydrogens (tertiary/aromatic N) is 2. The monoisotopic (exact) mass is 445 g/mol. The van der Waals surface area contributed by atoms with Gasteiger partial charge in [0.2, 0.25) is 11.8 Å². The van der Waals surface area contributed by atoms with Crippen LogP contribution in [0.25, 0.3) is 0 Å². The lowest BCUT2D eigenvalue weighted by Crippen LogP contribution is -2.35. The van der Waals surface area contributed by atoms with Crippen molar-refractivity contribution in [1.29, 1.82) is 0 Å². The van der Waals surface area contributed by atoms with Gasteiger partial charge < -0.3 is 15.1 Å². The van der Waals surface area contributed by atoms with Crippen LogP contribution >= 0.6 is 11.3 Å². The molecule has 0 aliphatic carbocycles. The molecule has 3 aromatic rings. The van der Waals surface area contributed by atoms with Crippen LogP contribution < -0.4 is 10.2 Å². The maximum atomic E-state index is 12.9. The van der Waals surface area contributed by atoms with Crippen molar-refractivity contribution in [2.24, 2.45) is 5.92 Å². The average Bonchev–Trinajstić information content (AvgIpc) is 3.49. The highest BCUT2D eigenvalue weighted by molar-refractivity contribution is 7.12. The maximum Gasteiger partial charge on any atom is 0.264 e. The molecular formula is C25H23N3O3S. The molecule has 2 aliphatic heterocycles. The van der Waals surface area contributed by atoms with Gasteiger partial charge in [0.1, 0.15) is 0 Å². The summed E-state index contributed by atoms with van der Waals surface area (Å²) in [6, 6.07) is 19.0. The molecule has 162 valence electrons. The number of carbonyl (C=O) groups excluding carboxylic acids is 3. The topological polar surface area (TPSA) is 69.7 Å². The lowest BCUT2D eigenvalue weighted by molar-refractivity contribution is -0.122. The second-order valence-electron chi connectivity index (χ2n) is 8.17. The summed E-state index contributed by atoms with van der Waals surface area (Å²) in [7, 11) is 0. The summed E-state index contributed by atoms with van der Waals surface area (Å²) in [6.07, 6.45) is 0.999. The van der Waals surface area contributed by atoms with Crippen LogP contribution in [0.15, 0.2) is 66.0 Å². The first-order chi connectivity index (χ1) is 15.6. The smallest absolute Gasteiger partial charge is 0.264 e. The number of anilines is 2. The standard InChI is InChI=1S/C25H23N3O3S/c29-23-14-19(16-28(23)21-5-2-1-3-6-21)24(30)26-20-9-8-17-10-11-27(15-18(17)13-20)25(31)22-7-4-12-32-22/h1-9,12-13,19H,10-11,14-16H2,(H,26,30). The molecule has 0 radical (unpaired) electrons. The number of carbonyl (C=O) groups is 3. The highest BCUT2D eigenvalue weighted by Crippen LogP contribution is 2.28. The van der Waals surface area contributed by atoms with E-state index < -0.39 is 5.92 Å². The average molecular weight is 446 g/mol. The highest BCUT2D eigenvalue weighted by Gasteiger charge is 2.35. The molecule has 0 spiro atoms. The Labute approximate surface area is 190 Å². The fourth-order valence-electron chi connectivity index (χ4n) is 4.35. The Bertz CT molecular complexity index is 1160. The Morgan fingerprint density at radius 2 is 1.84 bits per heavy atom. The van der Waals surface area contributed by atoms with E-state index in [-0.39, 0.29) is 24.1 Å². The van der Waals surface area contributed by atoms with Gasteiger partial charge in [-0.05, 0) is 53.3 Å². The van der Waals surface area contributed by atoms with Gasteiger partial charge in [-0.3, -0.25) is 14.4 Å². The number of amides is 3. The third kappa shape index (κ3) is 4.03. The minimum absolute atomic E-state index is 0.0375. The molecule has 1 N–H and O–H groups in total. The molecule has 2 aliphatic rings. The van der Waals surface area contributed by atoms with Gasteiger partial charge in [0.15, 0.2) is 0 Å². The van der Waals surface area contributed by atoms with Crippen LogP contribution in [0.3, 0.4) is 0 Å². The third-order valence-corrected chi connectivity index (χ3v) is 6.93. The van der Waals surface area contributed by atoms with Crippen LogP contribution in [0.4, 0.5) is 11.4 Å². The lowest BCUT2D eigenvalue weighted by Gasteiger charge is -2.29. The zero-order valence-electron chi connectivity index (χ0n) is 17.5. The molecule has 6 nitrogen and oxygen atoms in total. The maximum absolute atomic E-state index is 12.9. The molecule has 3 heterocycles. The summed E-state index contributed by atoms with van der Waals surface area (Å²) in [6.45, 7) is 1.59. The minimum Gasteiger partial charge on any atom is -0.333 e. The Kier molecular flexibility index (Phi) is 5.49. The molecule has 1 saturated heterocycles. The summed E-state index contributed by atoms with van der Waals surface area (Å²) in [5.41, 5.74) is 3.76. The third-order valence-electron chi connectivity index (χ3n) is 6.07. The number of rotatable bonds is 4. The predicted molar refractivity (Wildman–Crippen MR) is 125 cm³/mol. The summed E-state index contributed by atoms with van der Waals surface area (Å²) < 4.78 is 0. The van der Waals surface area contributed by atoms with Gasteiger partial charge in [0.05, 0.1) is 10.8 Å². The number of hydrogen-bond donors (Lipinski definition) is 1. The van der Waals surface area contributed by atoms with Crippen LogP contribution in [0.5, 0.6) is 0 Å².